The lowest BCUT2D eigenvalue weighted by atomic mass is 10.4. The second kappa shape index (κ2) is 6.58. The van der Waals surface area contributed by atoms with Crippen molar-refractivity contribution in [2.45, 2.75) is 38.1 Å². The van der Waals surface area contributed by atoms with Crippen LogP contribution in [0.1, 0.15) is 26.7 Å². The standard InChI is InChI=1S/C11H17ClN2O4/c1-3-18-9(15)6-14(8-4-5-8)11(17)13-10(16)7(2)12/h7-8H,3-6H2,1-2H3,(H,13,16,17). The van der Waals surface area contributed by atoms with Crippen molar-refractivity contribution in [1.29, 1.82) is 0 Å². The largest absolute Gasteiger partial charge is 0.465 e. The summed E-state index contributed by atoms with van der Waals surface area (Å²) in [6.45, 7) is 3.28. The minimum atomic E-state index is -0.794. The third-order valence-corrected chi connectivity index (χ3v) is 2.64. The first-order valence-corrected chi connectivity index (χ1v) is 6.30. The summed E-state index contributed by atoms with van der Waals surface area (Å²) in [4.78, 5) is 35.8. The van der Waals surface area contributed by atoms with E-state index in [4.69, 9.17) is 16.3 Å². The molecule has 1 fully saturated rings. The molecule has 0 radical (unpaired) electrons. The van der Waals surface area contributed by atoms with Gasteiger partial charge in [-0.3, -0.25) is 14.9 Å². The van der Waals surface area contributed by atoms with E-state index in [0.29, 0.717) is 0 Å². The van der Waals surface area contributed by atoms with E-state index in [-0.39, 0.29) is 19.2 Å². The van der Waals surface area contributed by atoms with E-state index in [0.717, 1.165) is 12.8 Å². The van der Waals surface area contributed by atoms with E-state index >= 15 is 0 Å². The average Bonchev–Trinajstić information content (AvgIpc) is 3.09. The number of halogens is 1. The molecule has 0 aromatic carbocycles. The number of carbonyl (C=O) groups is 3. The topological polar surface area (TPSA) is 75.7 Å². The zero-order valence-corrected chi connectivity index (χ0v) is 11.2. The highest BCUT2D eigenvalue weighted by molar-refractivity contribution is 6.31. The van der Waals surface area contributed by atoms with Crippen LogP contribution in [0.5, 0.6) is 0 Å². The molecule has 0 heterocycles. The van der Waals surface area contributed by atoms with Crippen LogP contribution in [0, 0.1) is 0 Å². The molecule has 0 aliphatic heterocycles. The molecule has 0 aromatic heterocycles. The Kier molecular flexibility index (Phi) is 5.40. The van der Waals surface area contributed by atoms with Crippen molar-refractivity contribution >= 4 is 29.5 Å². The first kappa shape index (κ1) is 14.8. The number of nitrogens with zero attached hydrogens (tertiary/aromatic N) is 1. The molecule has 7 heteroatoms. The molecule has 1 atom stereocenters. The molecule has 1 N–H and O–H groups in total. The molecule has 1 aliphatic carbocycles. The molecule has 3 amide bonds. The van der Waals surface area contributed by atoms with Crippen LogP contribution in [0.2, 0.25) is 0 Å². The van der Waals surface area contributed by atoms with Crippen molar-refractivity contribution in [1.82, 2.24) is 10.2 Å². The monoisotopic (exact) mass is 276 g/mol. The van der Waals surface area contributed by atoms with E-state index in [9.17, 15) is 14.4 Å². The maximum atomic E-state index is 11.8. The second-order valence-electron chi connectivity index (χ2n) is 4.07. The summed E-state index contributed by atoms with van der Waals surface area (Å²) in [5.74, 6) is -1.05. The fourth-order valence-electron chi connectivity index (χ4n) is 1.38. The molecule has 1 rings (SSSR count). The van der Waals surface area contributed by atoms with E-state index in [1.54, 1.807) is 6.92 Å². The molecule has 6 nitrogen and oxygen atoms in total. The Morgan fingerprint density at radius 3 is 2.50 bits per heavy atom. The molecular formula is C11H17ClN2O4. The van der Waals surface area contributed by atoms with Crippen molar-refractivity contribution < 1.29 is 19.1 Å². The van der Waals surface area contributed by atoms with Gasteiger partial charge in [-0.2, -0.15) is 0 Å². The normalized spacial score (nSPS) is 15.7. The summed E-state index contributed by atoms with van der Waals surface area (Å²) in [6, 6.07) is -0.587. The molecule has 1 saturated carbocycles. The predicted octanol–water partition coefficient (Wildman–Crippen LogP) is 0.877. The van der Waals surface area contributed by atoms with Gasteiger partial charge in [0.15, 0.2) is 0 Å². The van der Waals surface area contributed by atoms with Crippen LogP contribution in [0.15, 0.2) is 0 Å². The number of urea groups is 1. The first-order chi connectivity index (χ1) is 8.45. The first-order valence-electron chi connectivity index (χ1n) is 5.86. The molecule has 18 heavy (non-hydrogen) atoms. The Bertz CT molecular complexity index is 342. The number of hydrogen-bond donors (Lipinski definition) is 1. The molecular weight excluding hydrogens is 260 g/mol. The SMILES string of the molecule is CCOC(=O)CN(C(=O)NC(=O)C(C)Cl)C1CC1. The zero-order valence-electron chi connectivity index (χ0n) is 10.4. The summed E-state index contributed by atoms with van der Waals surface area (Å²) in [6.07, 6.45) is 1.66. The highest BCUT2D eigenvalue weighted by Crippen LogP contribution is 2.26. The highest BCUT2D eigenvalue weighted by atomic mass is 35.5. The van der Waals surface area contributed by atoms with Crippen LogP contribution in [-0.2, 0) is 14.3 Å². The maximum absolute atomic E-state index is 11.8. The van der Waals surface area contributed by atoms with Crippen LogP contribution in [0.4, 0.5) is 4.79 Å². The van der Waals surface area contributed by atoms with Gasteiger partial charge in [-0.15, -0.1) is 11.6 Å². The molecule has 0 spiro atoms. The Labute approximate surface area is 111 Å². The lowest BCUT2D eigenvalue weighted by molar-refractivity contribution is -0.144. The molecule has 0 aromatic rings. The molecule has 102 valence electrons. The number of hydrogen-bond acceptors (Lipinski definition) is 4. The van der Waals surface area contributed by atoms with Crippen LogP contribution >= 0.6 is 11.6 Å². The van der Waals surface area contributed by atoms with Gasteiger partial charge in [-0.05, 0) is 26.7 Å². The summed E-state index contributed by atoms with van der Waals surface area (Å²) < 4.78 is 4.78. The molecule has 1 aliphatic rings. The Hall–Kier alpha value is -1.30. The zero-order chi connectivity index (χ0) is 13.7. The van der Waals surface area contributed by atoms with Crippen molar-refractivity contribution in [2.24, 2.45) is 0 Å². The van der Waals surface area contributed by atoms with Gasteiger partial charge >= 0.3 is 12.0 Å². The molecule has 0 bridgehead atoms. The quantitative estimate of drug-likeness (QED) is 0.597. The summed E-state index contributed by atoms with van der Waals surface area (Å²) in [5, 5.41) is 1.36. The number of carbonyl (C=O) groups excluding carboxylic acids is 3. The Morgan fingerprint density at radius 1 is 1.44 bits per heavy atom. The maximum Gasteiger partial charge on any atom is 0.325 e. The number of ether oxygens (including phenoxy) is 1. The van der Waals surface area contributed by atoms with Gasteiger partial charge in [0.05, 0.1) is 6.61 Å². The number of amides is 3. The summed E-state index contributed by atoms with van der Waals surface area (Å²) >= 11 is 5.55. The fourth-order valence-corrected chi connectivity index (χ4v) is 1.43. The lowest BCUT2D eigenvalue weighted by Crippen LogP contribution is -2.48. The highest BCUT2D eigenvalue weighted by Gasteiger charge is 2.35. The second-order valence-corrected chi connectivity index (χ2v) is 4.73. The van der Waals surface area contributed by atoms with Gasteiger partial charge in [0, 0.05) is 6.04 Å². The number of rotatable bonds is 5. The Balaban J connectivity index is 2.53. The van der Waals surface area contributed by atoms with Crippen molar-refractivity contribution in [3.63, 3.8) is 0 Å². The third-order valence-electron chi connectivity index (χ3n) is 2.44. The van der Waals surface area contributed by atoms with Crippen LogP contribution in [-0.4, -0.2) is 47.4 Å². The van der Waals surface area contributed by atoms with E-state index in [2.05, 4.69) is 5.32 Å². The number of imide groups is 1. The van der Waals surface area contributed by atoms with E-state index in [1.807, 2.05) is 0 Å². The molecule has 1 unspecified atom stereocenters. The minimum Gasteiger partial charge on any atom is -0.465 e. The average molecular weight is 277 g/mol. The van der Waals surface area contributed by atoms with Gasteiger partial charge < -0.3 is 9.64 Å². The molecule has 0 saturated heterocycles. The van der Waals surface area contributed by atoms with E-state index < -0.39 is 23.3 Å². The van der Waals surface area contributed by atoms with Crippen LogP contribution in [0.3, 0.4) is 0 Å². The van der Waals surface area contributed by atoms with Gasteiger partial charge in [-0.1, -0.05) is 0 Å². The number of esters is 1. The predicted molar refractivity (Wildman–Crippen MR) is 65.2 cm³/mol. The number of alkyl halides is 1. The summed E-state index contributed by atoms with van der Waals surface area (Å²) in [5.41, 5.74) is 0. The van der Waals surface area contributed by atoms with Crippen molar-refractivity contribution in [3.05, 3.63) is 0 Å². The Morgan fingerprint density at radius 2 is 2.06 bits per heavy atom. The smallest absolute Gasteiger partial charge is 0.325 e. The van der Waals surface area contributed by atoms with Gasteiger partial charge in [0.2, 0.25) is 5.91 Å². The van der Waals surface area contributed by atoms with Gasteiger partial charge in [-0.25, -0.2) is 4.79 Å². The minimum absolute atomic E-state index is 0.00726. The van der Waals surface area contributed by atoms with Crippen molar-refractivity contribution in [2.75, 3.05) is 13.2 Å². The van der Waals surface area contributed by atoms with Gasteiger partial charge in [0.25, 0.3) is 0 Å². The van der Waals surface area contributed by atoms with Crippen LogP contribution in [0.25, 0.3) is 0 Å². The lowest BCUT2D eigenvalue weighted by Gasteiger charge is -2.21. The van der Waals surface area contributed by atoms with Crippen LogP contribution < -0.4 is 5.32 Å². The third kappa shape index (κ3) is 4.52. The number of nitrogens with one attached hydrogen (secondary N) is 1. The van der Waals surface area contributed by atoms with Gasteiger partial charge in [0.1, 0.15) is 11.9 Å². The fraction of sp³-hybridized carbons (Fsp3) is 0.727. The van der Waals surface area contributed by atoms with Crippen molar-refractivity contribution in [3.8, 4) is 0 Å². The van der Waals surface area contributed by atoms with E-state index in [1.165, 1.54) is 11.8 Å². The summed E-state index contributed by atoms with van der Waals surface area (Å²) in [7, 11) is 0.